The van der Waals surface area contributed by atoms with Crippen LogP contribution in [-0.2, 0) is 7.05 Å². The van der Waals surface area contributed by atoms with Gasteiger partial charge in [0.25, 0.3) is 11.5 Å². The van der Waals surface area contributed by atoms with Crippen molar-refractivity contribution in [2.45, 2.75) is 39.5 Å². The molecular formula is C18H29N3O2. The van der Waals surface area contributed by atoms with E-state index in [1.54, 1.807) is 17.7 Å². The number of carbonyl (C=O) groups excluding carboxylic acids is 1. The van der Waals surface area contributed by atoms with E-state index < -0.39 is 0 Å². The lowest BCUT2D eigenvalue weighted by atomic mass is 9.98. The second-order valence-electron chi connectivity index (χ2n) is 6.80. The molecule has 0 spiro atoms. The van der Waals surface area contributed by atoms with Gasteiger partial charge in [0.1, 0.15) is 5.56 Å². The van der Waals surface area contributed by atoms with E-state index in [2.05, 4.69) is 17.1 Å². The van der Waals surface area contributed by atoms with Crippen LogP contribution in [0.5, 0.6) is 0 Å². The molecule has 1 aromatic rings. The molecule has 2 heterocycles. The van der Waals surface area contributed by atoms with Crippen molar-refractivity contribution in [3.05, 3.63) is 33.7 Å². The highest BCUT2D eigenvalue weighted by Gasteiger charge is 2.20. The van der Waals surface area contributed by atoms with Gasteiger partial charge in [0.15, 0.2) is 0 Å². The van der Waals surface area contributed by atoms with Crippen LogP contribution < -0.4 is 10.9 Å². The van der Waals surface area contributed by atoms with Crippen LogP contribution in [0.25, 0.3) is 0 Å². The van der Waals surface area contributed by atoms with Crippen molar-refractivity contribution in [1.82, 2.24) is 14.8 Å². The van der Waals surface area contributed by atoms with Crippen molar-refractivity contribution in [2.24, 2.45) is 13.0 Å². The van der Waals surface area contributed by atoms with E-state index in [-0.39, 0.29) is 22.9 Å². The third-order valence-electron chi connectivity index (χ3n) is 4.78. The Labute approximate surface area is 138 Å². The maximum absolute atomic E-state index is 12.4. The van der Waals surface area contributed by atoms with E-state index in [0.29, 0.717) is 12.5 Å². The van der Waals surface area contributed by atoms with Crippen molar-refractivity contribution in [3.8, 4) is 0 Å². The van der Waals surface area contributed by atoms with E-state index >= 15 is 0 Å². The zero-order valence-corrected chi connectivity index (χ0v) is 14.8. The van der Waals surface area contributed by atoms with Crippen LogP contribution in [-0.4, -0.2) is 41.6 Å². The molecule has 1 fully saturated rings. The Morgan fingerprint density at radius 3 is 2.78 bits per heavy atom. The number of nitrogens with one attached hydrogen (secondary N) is 1. The molecule has 1 atom stereocenters. The van der Waals surface area contributed by atoms with Crippen LogP contribution in [0.15, 0.2) is 16.9 Å². The van der Waals surface area contributed by atoms with Crippen molar-refractivity contribution in [2.75, 3.05) is 26.2 Å². The number of likely N-dealkylation sites (tertiary alicyclic amines) is 1. The molecule has 1 aliphatic heterocycles. The molecule has 0 saturated carbocycles. The molecule has 0 aromatic carbocycles. The first-order valence-corrected chi connectivity index (χ1v) is 8.64. The predicted octanol–water partition coefficient (Wildman–Crippen LogP) is 1.97. The van der Waals surface area contributed by atoms with E-state index in [1.165, 1.54) is 6.42 Å². The number of carbonyl (C=O) groups is 1. The Morgan fingerprint density at radius 1 is 1.39 bits per heavy atom. The summed E-state index contributed by atoms with van der Waals surface area (Å²) in [4.78, 5) is 27.1. The highest BCUT2D eigenvalue weighted by molar-refractivity contribution is 5.93. The fourth-order valence-corrected chi connectivity index (χ4v) is 3.34. The summed E-state index contributed by atoms with van der Waals surface area (Å²) < 4.78 is 1.58. The topological polar surface area (TPSA) is 54.3 Å². The number of piperidine rings is 1. The molecule has 1 N–H and O–H groups in total. The summed E-state index contributed by atoms with van der Waals surface area (Å²) in [6.45, 7) is 10.1. The molecule has 5 heteroatoms. The lowest BCUT2D eigenvalue weighted by Gasteiger charge is -2.31. The zero-order valence-electron chi connectivity index (χ0n) is 14.8. The summed E-state index contributed by atoms with van der Waals surface area (Å²) in [5.41, 5.74) is 0.963. The second kappa shape index (κ2) is 7.77. The van der Waals surface area contributed by atoms with Gasteiger partial charge >= 0.3 is 0 Å². The van der Waals surface area contributed by atoms with E-state index in [1.807, 2.05) is 19.9 Å². The minimum absolute atomic E-state index is 0.215. The number of amides is 1. The first-order valence-electron chi connectivity index (χ1n) is 8.64. The number of hydrogen-bond donors (Lipinski definition) is 1. The van der Waals surface area contributed by atoms with Crippen molar-refractivity contribution in [1.29, 1.82) is 0 Å². The van der Waals surface area contributed by atoms with Crippen LogP contribution in [0.2, 0.25) is 0 Å². The van der Waals surface area contributed by atoms with Gasteiger partial charge in [-0.3, -0.25) is 9.59 Å². The Hall–Kier alpha value is -1.62. The summed E-state index contributed by atoms with van der Waals surface area (Å²) in [5.74, 6) is 0.480. The molecule has 1 aliphatic rings. The number of rotatable bonds is 5. The molecular weight excluding hydrogens is 290 g/mol. The summed E-state index contributed by atoms with van der Waals surface area (Å²) in [6.07, 6.45) is 2.32. The zero-order chi connectivity index (χ0) is 17.0. The minimum Gasteiger partial charge on any atom is -0.352 e. The minimum atomic E-state index is -0.255. The van der Waals surface area contributed by atoms with Crippen LogP contribution in [0, 0.1) is 5.92 Å². The Bertz CT molecular complexity index is 607. The second-order valence-corrected chi connectivity index (χ2v) is 6.80. The summed E-state index contributed by atoms with van der Waals surface area (Å²) >= 11 is 0. The smallest absolute Gasteiger partial charge is 0.263 e. The Kier molecular flexibility index (Phi) is 5.99. The fourth-order valence-electron chi connectivity index (χ4n) is 3.34. The van der Waals surface area contributed by atoms with E-state index in [9.17, 15) is 9.59 Å². The SMILES string of the molecule is CCN1CCC[C@@H](CNC(=O)c2ccc(C(C)C)n(C)c2=O)C1. The van der Waals surface area contributed by atoms with Crippen molar-refractivity contribution < 1.29 is 4.79 Å². The molecule has 0 bridgehead atoms. The maximum Gasteiger partial charge on any atom is 0.263 e. The summed E-state index contributed by atoms with van der Waals surface area (Å²) in [7, 11) is 1.73. The van der Waals surface area contributed by atoms with Gasteiger partial charge in [-0.25, -0.2) is 0 Å². The molecule has 1 aromatic heterocycles. The van der Waals surface area contributed by atoms with Gasteiger partial charge in [-0.05, 0) is 49.9 Å². The average molecular weight is 319 g/mol. The Balaban J connectivity index is 2.01. The normalized spacial score (nSPS) is 19.1. The highest BCUT2D eigenvalue weighted by atomic mass is 16.2. The average Bonchev–Trinajstić information content (AvgIpc) is 2.55. The highest BCUT2D eigenvalue weighted by Crippen LogP contribution is 2.15. The monoisotopic (exact) mass is 319 g/mol. The van der Waals surface area contributed by atoms with E-state index in [0.717, 1.165) is 31.7 Å². The van der Waals surface area contributed by atoms with Crippen molar-refractivity contribution >= 4 is 5.91 Å². The van der Waals surface area contributed by atoms with Gasteiger partial charge in [-0.2, -0.15) is 0 Å². The summed E-state index contributed by atoms with van der Waals surface area (Å²) in [5, 5.41) is 2.95. The first-order chi connectivity index (χ1) is 10.9. The van der Waals surface area contributed by atoms with Crippen LogP contribution in [0.3, 0.4) is 0 Å². The van der Waals surface area contributed by atoms with Gasteiger partial charge in [-0.15, -0.1) is 0 Å². The quantitative estimate of drug-likeness (QED) is 0.903. The largest absolute Gasteiger partial charge is 0.352 e. The standard InChI is InChI=1S/C18H29N3O2/c1-5-21-10-6-7-14(12-21)11-19-17(22)15-8-9-16(13(2)3)20(4)18(15)23/h8-9,13-14H,5-7,10-12H2,1-4H3,(H,19,22)/t14-/m0/s1. The fraction of sp³-hybridized carbons (Fsp3) is 0.667. The van der Waals surface area contributed by atoms with E-state index in [4.69, 9.17) is 0 Å². The molecule has 1 amide bonds. The number of pyridine rings is 1. The molecule has 2 rings (SSSR count). The van der Waals surface area contributed by atoms with Gasteiger partial charge in [-0.1, -0.05) is 20.8 Å². The van der Waals surface area contributed by atoms with Crippen LogP contribution >= 0.6 is 0 Å². The molecule has 5 nitrogen and oxygen atoms in total. The Morgan fingerprint density at radius 2 is 2.13 bits per heavy atom. The number of aromatic nitrogens is 1. The van der Waals surface area contributed by atoms with Crippen molar-refractivity contribution in [3.63, 3.8) is 0 Å². The predicted molar refractivity (Wildman–Crippen MR) is 92.9 cm³/mol. The molecule has 1 saturated heterocycles. The molecule has 0 unspecified atom stereocenters. The van der Waals surface area contributed by atoms with Gasteiger partial charge in [0, 0.05) is 25.8 Å². The summed E-state index contributed by atoms with van der Waals surface area (Å²) in [6, 6.07) is 3.53. The van der Waals surface area contributed by atoms with Gasteiger partial charge in [0.05, 0.1) is 0 Å². The molecule has 23 heavy (non-hydrogen) atoms. The lowest BCUT2D eigenvalue weighted by molar-refractivity contribution is 0.0931. The number of nitrogens with zero attached hydrogens (tertiary/aromatic N) is 2. The third-order valence-corrected chi connectivity index (χ3v) is 4.78. The lowest BCUT2D eigenvalue weighted by Crippen LogP contribution is -2.42. The van der Waals surface area contributed by atoms with Crippen LogP contribution in [0.4, 0.5) is 0 Å². The first kappa shape index (κ1) is 17.7. The molecule has 128 valence electrons. The van der Waals surface area contributed by atoms with Crippen LogP contribution in [0.1, 0.15) is 55.6 Å². The maximum atomic E-state index is 12.4. The molecule has 0 aliphatic carbocycles. The number of hydrogen-bond acceptors (Lipinski definition) is 3. The van der Waals surface area contributed by atoms with Gasteiger partial charge in [0.2, 0.25) is 0 Å². The molecule has 0 radical (unpaired) electrons. The third kappa shape index (κ3) is 4.22. The van der Waals surface area contributed by atoms with Gasteiger partial charge < -0.3 is 14.8 Å².